The summed E-state index contributed by atoms with van der Waals surface area (Å²) in [4.78, 5) is 4.61. The van der Waals surface area contributed by atoms with E-state index in [9.17, 15) is 0 Å². The average molecular weight is 248 g/mol. The summed E-state index contributed by atoms with van der Waals surface area (Å²) in [5.41, 5.74) is 2.43. The molecule has 0 amide bonds. The molecule has 18 heavy (non-hydrogen) atoms. The van der Waals surface area contributed by atoms with E-state index in [0.717, 1.165) is 24.2 Å². The van der Waals surface area contributed by atoms with Crippen LogP contribution in [0.3, 0.4) is 0 Å². The van der Waals surface area contributed by atoms with Gasteiger partial charge in [-0.2, -0.15) is 5.10 Å². The van der Waals surface area contributed by atoms with Gasteiger partial charge in [0.2, 0.25) is 5.95 Å². The van der Waals surface area contributed by atoms with E-state index in [4.69, 9.17) is 0 Å². The predicted octanol–water partition coefficient (Wildman–Crippen LogP) is 2.99. The fraction of sp³-hybridized carbons (Fsp3) is 0.786. The number of rotatable bonds is 4. The molecule has 1 unspecified atom stereocenters. The van der Waals surface area contributed by atoms with E-state index in [-0.39, 0.29) is 0 Å². The lowest BCUT2D eigenvalue weighted by molar-refractivity contribution is 0.348. The Morgan fingerprint density at radius 2 is 1.89 bits per heavy atom. The van der Waals surface area contributed by atoms with Crippen molar-refractivity contribution in [3.63, 3.8) is 0 Å². The zero-order valence-corrected chi connectivity index (χ0v) is 12.0. The van der Waals surface area contributed by atoms with Crippen molar-refractivity contribution in [3.05, 3.63) is 11.4 Å². The van der Waals surface area contributed by atoms with Crippen LogP contribution in [-0.2, 0) is 12.8 Å². The molecule has 1 aromatic rings. The van der Waals surface area contributed by atoms with Crippen molar-refractivity contribution in [3.8, 4) is 0 Å². The third-order valence-electron chi connectivity index (χ3n) is 4.07. The topological polar surface area (TPSA) is 50.7 Å². The number of nitrogens with zero attached hydrogens (tertiary/aromatic N) is 3. The highest BCUT2D eigenvalue weighted by molar-refractivity contribution is 5.28. The van der Waals surface area contributed by atoms with Crippen molar-refractivity contribution in [1.29, 1.82) is 0 Å². The van der Waals surface area contributed by atoms with Crippen LogP contribution in [0.25, 0.3) is 0 Å². The standard InChI is InChI=1S/C14H24N4/c1-5-10-11(6-2)17-18-13(15-10)16-12-8-7-9-14(12,3)4/h12H,5-9H2,1-4H3,(H,15,16,18). The first-order valence-corrected chi connectivity index (χ1v) is 7.05. The fourth-order valence-electron chi connectivity index (χ4n) is 2.75. The molecule has 1 atom stereocenters. The number of aryl methyl sites for hydroxylation is 2. The summed E-state index contributed by atoms with van der Waals surface area (Å²) in [6, 6.07) is 0.469. The lowest BCUT2D eigenvalue weighted by atomic mass is 9.87. The van der Waals surface area contributed by atoms with Gasteiger partial charge in [0, 0.05) is 6.04 Å². The average Bonchev–Trinajstić information content (AvgIpc) is 2.68. The maximum Gasteiger partial charge on any atom is 0.243 e. The highest BCUT2D eigenvalue weighted by Gasteiger charge is 2.34. The molecule has 1 aliphatic rings. The summed E-state index contributed by atoms with van der Waals surface area (Å²) in [7, 11) is 0. The molecule has 1 N–H and O–H groups in total. The van der Waals surface area contributed by atoms with E-state index < -0.39 is 0 Å². The Kier molecular flexibility index (Phi) is 3.83. The molecule has 0 bridgehead atoms. The summed E-state index contributed by atoms with van der Waals surface area (Å²) >= 11 is 0. The lowest BCUT2D eigenvalue weighted by Crippen LogP contribution is -2.32. The molecule has 1 saturated carbocycles. The molecule has 1 aromatic heterocycles. The van der Waals surface area contributed by atoms with E-state index in [0.29, 0.717) is 17.4 Å². The maximum atomic E-state index is 4.61. The molecule has 1 fully saturated rings. The van der Waals surface area contributed by atoms with Gasteiger partial charge >= 0.3 is 0 Å². The number of anilines is 1. The number of aromatic nitrogens is 3. The molecule has 1 heterocycles. The van der Waals surface area contributed by atoms with Crippen LogP contribution >= 0.6 is 0 Å². The predicted molar refractivity (Wildman–Crippen MR) is 73.6 cm³/mol. The molecule has 0 aliphatic heterocycles. The molecule has 0 saturated heterocycles. The number of hydrogen-bond donors (Lipinski definition) is 1. The van der Waals surface area contributed by atoms with Crippen LogP contribution in [0.2, 0.25) is 0 Å². The van der Waals surface area contributed by atoms with Crippen LogP contribution in [-0.4, -0.2) is 21.2 Å². The largest absolute Gasteiger partial charge is 0.350 e. The lowest BCUT2D eigenvalue weighted by Gasteiger charge is -2.27. The van der Waals surface area contributed by atoms with E-state index in [1.807, 2.05) is 0 Å². The number of nitrogens with one attached hydrogen (secondary N) is 1. The minimum absolute atomic E-state index is 0.333. The van der Waals surface area contributed by atoms with E-state index >= 15 is 0 Å². The molecule has 2 rings (SSSR count). The second-order valence-electron chi connectivity index (χ2n) is 5.81. The van der Waals surface area contributed by atoms with Crippen molar-refractivity contribution >= 4 is 5.95 Å². The van der Waals surface area contributed by atoms with Crippen molar-refractivity contribution < 1.29 is 0 Å². The minimum Gasteiger partial charge on any atom is -0.350 e. The SMILES string of the molecule is CCc1nnc(NC2CCCC2(C)C)nc1CC. The van der Waals surface area contributed by atoms with E-state index in [1.165, 1.54) is 19.3 Å². The minimum atomic E-state index is 0.333. The molecule has 0 aromatic carbocycles. The Morgan fingerprint density at radius 3 is 2.44 bits per heavy atom. The molecule has 1 aliphatic carbocycles. The Bertz CT molecular complexity index is 414. The fourth-order valence-corrected chi connectivity index (χ4v) is 2.75. The van der Waals surface area contributed by atoms with Crippen LogP contribution in [0.1, 0.15) is 58.3 Å². The van der Waals surface area contributed by atoms with Gasteiger partial charge < -0.3 is 5.32 Å². The zero-order chi connectivity index (χ0) is 13.2. The zero-order valence-electron chi connectivity index (χ0n) is 12.0. The van der Waals surface area contributed by atoms with Gasteiger partial charge in [-0.25, -0.2) is 4.98 Å². The van der Waals surface area contributed by atoms with Gasteiger partial charge in [0.15, 0.2) is 0 Å². The third kappa shape index (κ3) is 2.62. The van der Waals surface area contributed by atoms with Gasteiger partial charge in [0.1, 0.15) is 0 Å². The normalized spacial score (nSPS) is 22.1. The molecule has 4 nitrogen and oxygen atoms in total. The van der Waals surface area contributed by atoms with Gasteiger partial charge in [-0.15, -0.1) is 5.10 Å². The summed E-state index contributed by atoms with van der Waals surface area (Å²) in [6.07, 6.45) is 5.57. The van der Waals surface area contributed by atoms with Gasteiger partial charge in [0.05, 0.1) is 11.4 Å². The van der Waals surface area contributed by atoms with Crippen LogP contribution in [0.4, 0.5) is 5.95 Å². The highest BCUT2D eigenvalue weighted by atomic mass is 15.3. The monoisotopic (exact) mass is 248 g/mol. The van der Waals surface area contributed by atoms with Crippen LogP contribution in [0, 0.1) is 5.41 Å². The summed E-state index contributed by atoms with van der Waals surface area (Å²) < 4.78 is 0. The molecular weight excluding hydrogens is 224 g/mol. The van der Waals surface area contributed by atoms with Crippen molar-refractivity contribution in [2.24, 2.45) is 5.41 Å². The summed E-state index contributed by atoms with van der Waals surface area (Å²) in [5.74, 6) is 0.698. The van der Waals surface area contributed by atoms with Gasteiger partial charge in [0.25, 0.3) is 0 Å². The van der Waals surface area contributed by atoms with E-state index in [2.05, 4.69) is 48.2 Å². The molecule has 4 heteroatoms. The first-order valence-electron chi connectivity index (χ1n) is 7.05. The Labute approximate surface area is 110 Å². The van der Waals surface area contributed by atoms with Crippen molar-refractivity contribution in [2.45, 2.75) is 65.8 Å². The van der Waals surface area contributed by atoms with Crippen molar-refractivity contribution in [1.82, 2.24) is 15.2 Å². The van der Waals surface area contributed by atoms with E-state index in [1.54, 1.807) is 0 Å². The Balaban J connectivity index is 2.15. The molecule has 0 radical (unpaired) electrons. The maximum absolute atomic E-state index is 4.61. The second-order valence-corrected chi connectivity index (χ2v) is 5.81. The first kappa shape index (κ1) is 13.2. The second kappa shape index (κ2) is 5.21. The molecular formula is C14H24N4. The molecule has 0 spiro atoms. The quantitative estimate of drug-likeness (QED) is 0.890. The number of hydrogen-bond acceptors (Lipinski definition) is 4. The first-order chi connectivity index (χ1) is 8.56. The molecule has 100 valence electrons. The third-order valence-corrected chi connectivity index (χ3v) is 4.07. The van der Waals surface area contributed by atoms with Gasteiger partial charge in [-0.1, -0.05) is 34.1 Å². The smallest absolute Gasteiger partial charge is 0.243 e. The Hall–Kier alpha value is -1.19. The van der Waals surface area contributed by atoms with Crippen LogP contribution < -0.4 is 5.32 Å². The van der Waals surface area contributed by atoms with Crippen molar-refractivity contribution in [2.75, 3.05) is 5.32 Å². The van der Waals surface area contributed by atoms with Crippen LogP contribution in [0.5, 0.6) is 0 Å². The van der Waals surface area contributed by atoms with Crippen LogP contribution in [0.15, 0.2) is 0 Å². The highest BCUT2D eigenvalue weighted by Crippen LogP contribution is 2.38. The Morgan fingerprint density at radius 1 is 1.17 bits per heavy atom. The van der Waals surface area contributed by atoms with Gasteiger partial charge in [-0.05, 0) is 31.1 Å². The summed E-state index contributed by atoms with van der Waals surface area (Å²) in [6.45, 7) is 8.84. The van der Waals surface area contributed by atoms with Gasteiger partial charge in [-0.3, -0.25) is 0 Å². The summed E-state index contributed by atoms with van der Waals surface area (Å²) in [5, 5.41) is 12.0.